The van der Waals surface area contributed by atoms with Crippen molar-refractivity contribution in [3.05, 3.63) is 77.8 Å². The van der Waals surface area contributed by atoms with Gasteiger partial charge in [0.15, 0.2) is 11.6 Å². The van der Waals surface area contributed by atoms with Gasteiger partial charge in [0.2, 0.25) is 0 Å². The van der Waals surface area contributed by atoms with E-state index in [0.717, 1.165) is 43.0 Å². The van der Waals surface area contributed by atoms with Gasteiger partial charge in [0.25, 0.3) is 0 Å². The molecular formula is C26H33B2F3N3. The van der Waals surface area contributed by atoms with E-state index in [-0.39, 0.29) is 23.9 Å². The molecule has 3 radical (unpaired) electrons. The highest BCUT2D eigenvalue weighted by molar-refractivity contribution is 6.52. The Bertz CT molecular complexity index is 974. The summed E-state index contributed by atoms with van der Waals surface area (Å²) >= 11 is 0. The third-order valence-corrected chi connectivity index (χ3v) is 5.75. The summed E-state index contributed by atoms with van der Waals surface area (Å²) in [5.74, 6) is -2.48. The molecule has 3 N–H and O–H groups in total. The molecule has 1 unspecified atom stereocenters. The SMILES string of the molecule is [B]c1cc(CN(CCC(N)C(=C)NCCCCC)C(=C)c2cc(F)cc([B]C)c2)cc(F)c1F. The minimum absolute atomic E-state index is 0.199. The number of rotatable bonds is 14. The van der Waals surface area contributed by atoms with Crippen LogP contribution in [0.1, 0.15) is 43.7 Å². The van der Waals surface area contributed by atoms with Crippen molar-refractivity contribution in [3.8, 4) is 0 Å². The number of benzene rings is 2. The largest absolute Gasteiger partial charge is 0.388 e. The van der Waals surface area contributed by atoms with Crippen molar-refractivity contribution < 1.29 is 13.2 Å². The maximum Gasteiger partial charge on any atom is 0.158 e. The lowest BCUT2D eigenvalue weighted by Gasteiger charge is -2.29. The van der Waals surface area contributed by atoms with Gasteiger partial charge in [-0.3, -0.25) is 0 Å². The summed E-state index contributed by atoms with van der Waals surface area (Å²) < 4.78 is 41.8. The number of nitrogens with two attached hydrogens (primary N) is 1. The standard InChI is InChI=1S/C26H33B2F3N3/c1-5-6-7-9-33-17(2)25(32)8-10-34(16-19-11-23(27)26(31)24(30)12-19)18(3)20-13-21(28-4)15-22(29)14-20/h11-15,25,33H,2-3,5-10,16,32H2,1,4H3. The summed E-state index contributed by atoms with van der Waals surface area (Å²) in [5, 5.41) is 3.27. The summed E-state index contributed by atoms with van der Waals surface area (Å²) in [6.07, 6.45) is 3.83. The first-order valence-electron chi connectivity index (χ1n) is 11.6. The van der Waals surface area contributed by atoms with Gasteiger partial charge in [0.1, 0.15) is 20.9 Å². The van der Waals surface area contributed by atoms with Crippen molar-refractivity contribution in [1.29, 1.82) is 0 Å². The molecule has 8 heteroatoms. The van der Waals surface area contributed by atoms with Crippen LogP contribution in [0.3, 0.4) is 0 Å². The predicted octanol–water partition coefficient (Wildman–Crippen LogP) is 3.76. The van der Waals surface area contributed by atoms with Crippen molar-refractivity contribution in [2.24, 2.45) is 5.73 Å². The highest BCUT2D eigenvalue weighted by atomic mass is 19.2. The molecule has 0 aliphatic carbocycles. The molecule has 2 rings (SSSR count). The van der Waals surface area contributed by atoms with Crippen LogP contribution in [0.2, 0.25) is 6.82 Å². The van der Waals surface area contributed by atoms with Crippen LogP contribution in [0.15, 0.2) is 49.2 Å². The van der Waals surface area contributed by atoms with Crippen LogP contribution in [0, 0.1) is 17.5 Å². The van der Waals surface area contributed by atoms with Crippen molar-refractivity contribution in [3.63, 3.8) is 0 Å². The topological polar surface area (TPSA) is 41.3 Å². The number of hydrogen-bond donors (Lipinski definition) is 2. The molecule has 2 aromatic carbocycles. The minimum Gasteiger partial charge on any atom is -0.388 e. The number of halogens is 3. The van der Waals surface area contributed by atoms with E-state index >= 15 is 0 Å². The number of nitrogens with zero attached hydrogens (tertiary/aromatic N) is 1. The van der Waals surface area contributed by atoms with E-state index in [1.54, 1.807) is 7.28 Å². The second-order valence-electron chi connectivity index (χ2n) is 8.47. The van der Waals surface area contributed by atoms with Gasteiger partial charge in [-0.05, 0) is 42.2 Å². The molecule has 1 atom stereocenters. The first kappa shape index (κ1) is 27.6. The fraction of sp³-hybridized carbons (Fsp3) is 0.385. The summed E-state index contributed by atoms with van der Waals surface area (Å²) in [4.78, 5) is 1.87. The average Bonchev–Trinajstić information content (AvgIpc) is 2.81. The molecule has 34 heavy (non-hydrogen) atoms. The monoisotopic (exact) mass is 466 g/mol. The maximum atomic E-state index is 14.2. The molecule has 0 heterocycles. The lowest BCUT2D eigenvalue weighted by atomic mass is 9.73. The van der Waals surface area contributed by atoms with Crippen LogP contribution in [-0.4, -0.2) is 39.2 Å². The van der Waals surface area contributed by atoms with E-state index in [1.807, 2.05) is 17.8 Å². The van der Waals surface area contributed by atoms with Gasteiger partial charge in [-0.25, -0.2) is 13.2 Å². The molecule has 0 spiro atoms. The Labute approximate surface area is 204 Å². The normalized spacial score (nSPS) is 11.7. The summed E-state index contributed by atoms with van der Waals surface area (Å²) in [6.45, 7) is 13.6. The molecule has 2 aromatic rings. The molecule has 0 aromatic heterocycles. The van der Waals surface area contributed by atoms with Crippen LogP contribution in [0.25, 0.3) is 5.70 Å². The molecule has 0 saturated carbocycles. The average molecular weight is 466 g/mol. The van der Waals surface area contributed by atoms with Crippen LogP contribution in [0.4, 0.5) is 13.2 Å². The van der Waals surface area contributed by atoms with Gasteiger partial charge in [0.05, 0.1) is 0 Å². The molecule has 0 aliphatic heterocycles. The zero-order chi connectivity index (χ0) is 25.3. The molecule has 0 bridgehead atoms. The predicted molar refractivity (Wildman–Crippen MR) is 138 cm³/mol. The quantitative estimate of drug-likeness (QED) is 0.329. The summed E-state index contributed by atoms with van der Waals surface area (Å²) in [6, 6.07) is 6.84. The molecule has 179 valence electrons. The van der Waals surface area contributed by atoms with Crippen molar-refractivity contribution >= 4 is 31.7 Å². The number of unbranched alkanes of at least 4 members (excludes halogenated alkanes) is 2. The van der Waals surface area contributed by atoms with E-state index in [0.29, 0.717) is 29.8 Å². The zero-order valence-corrected chi connectivity index (χ0v) is 20.1. The van der Waals surface area contributed by atoms with Crippen molar-refractivity contribution in [2.75, 3.05) is 13.1 Å². The highest BCUT2D eigenvalue weighted by Crippen LogP contribution is 2.22. The molecule has 0 aliphatic rings. The van der Waals surface area contributed by atoms with Gasteiger partial charge < -0.3 is 16.0 Å². The van der Waals surface area contributed by atoms with Crippen LogP contribution in [0.5, 0.6) is 0 Å². The van der Waals surface area contributed by atoms with Crippen molar-refractivity contribution in [2.45, 2.75) is 52.0 Å². The Balaban J connectivity index is 2.21. The van der Waals surface area contributed by atoms with Crippen molar-refractivity contribution in [1.82, 2.24) is 10.2 Å². The molecule has 0 amide bonds. The van der Waals surface area contributed by atoms with E-state index < -0.39 is 11.6 Å². The Morgan fingerprint density at radius 1 is 1.15 bits per heavy atom. The Hall–Kier alpha value is -2.60. The van der Waals surface area contributed by atoms with E-state index in [9.17, 15) is 13.2 Å². The fourth-order valence-corrected chi connectivity index (χ4v) is 3.64. The van der Waals surface area contributed by atoms with Gasteiger partial charge >= 0.3 is 0 Å². The first-order chi connectivity index (χ1) is 16.2. The summed E-state index contributed by atoms with van der Waals surface area (Å²) in [5.41, 5.74) is 9.14. The smallest absolute Gasteiger partial charge is 0.158 e. The van der Waals surface area contributed by atoms with Gasteiger partial charge in [0, 0.05) is 37.1 Å². The molecule has 3 nitrogen and oxygen atoms in total. The van der Waals surface area contributed by atoms with Crippen LogP contribution < -0.4 is 22.0 Å². The lowest BCUT2D eigenvalue weighted by molar-refractivity contribution is 0.370. The third kappa shape index (κ3) is 8.01. The van der Waals surface area contributed by atoms with E-state index in [1.165, 1.54) is 18.2 Å². The maximum absolute atomic E-state index is 14.2. The van der Waals surface area contributed by atoms with E-state index in [4.69, 9.17) is 13.6 Å². The number of hydrogen-bond acceptors (Lipinski definition) is 3. The highest BCUT2D eigenvalue weighted by Gasteiger charge is 2.17. The Morgan fingerprint density at radius 3 is 2.53 bits per heavy atom. The second kappa shape index (κ2) is 13.3. The zero-order valence-electron chi connectivity index (χ0n) is 20.1. The van der Waals surface area contributed by atoms with E-state index in [2.05, 4.69) is 25.4 Å². The summed E-state index contributed by atoms with van der Waals surface area (Å²) in [7, 11) is 7.42. The van der Waals surface area contributed by atoms with Gasteiger partial charge in [-0.2, -0.15) is 0 Å². The number of nitrogens with one attached hydrogen (secondary N) is 1. The van der Waals surface area contributed by atoms with Crippen LogP contribution in [-0.2, 0) is 6.54 Å². The lowest BCUT2D eigenvalue weighted by Crippen LogP contribution is -2.35. The molecule has 0 fully saturated rings. The first-order valence-corrected chi connectivity index (χ1v) is 11.6. The van der Waals surface area contributed by atoms with Gasteiger partial charge in [-0.1, -0.05) is 62.8 Å². The van der Waals surface area contributed by atoms with Gasteiger partial charge in [-0.15, -0.1) is 0 Å². The Kier molecular flexibility index (Phi) is 10.8. The Morgan fingerprint density at radius 2 is 1.88 bits per heavy atom. The second-order valence-corrected chi connectivity index (χ2v) is 8.47. The fourth-order valence-electron chi connectivity index (χ4n) is 3.64. The molecule has 0 saturated heterocycles. The van der Waals surface area contributed by atoms with Crippen LogP contribution >= 0.6 is 0 Å². The third-order valence-electron chi connectivity index (χ3n) is 5.75. The molecular weight excluding hydrogens is 433 g/mol. The minimum atomic E-state index is -1.07.